The lowest BCUT2D eigenvalue weighted by Gasteiger charge is -2.14. The van der Waals surface area contributed by atoms with Crippen LogP contribution in [-0.2, 0) is 9.53 Å². The molecule has 2 atom stereocenters. The second-order valence-corrected chi connectivity index (χ2v) is 5.67. The van der Waals surface area contributed by atoms with Crippen molar-refractivity contribution < 1.29 is 19.4 Å². The minimum absolute atomic E-state index is 0.156. The number of nitrogens with one attached hydrogen (secondary N) is 1. The number of carboxylic acid groups (broad SMARTS) is 1. The SMILES string of the molecule is Cc1cc(C(=O)NC2COCC2C(=O)O)sc1C. The van der Waals surface area contributed by atoms with E-state index in [1.54, 1.807) is 0 Å². The molecule has 1 aromatic rings. The quantitative estimate of drug-likeness (QED) is 0.864. The molecule has 0 saturated carbocycles. The summed E-state index contributed by atoms with van der Waals surface area (Å²) < 4.78 is 5.10. The van der Waals surface area contributed by atoms with Crippen LogP contribution in [0.3, 0.4) is 0 Å². The van der Waals surface area contributed by atoms with E-state index in [1.165, 1.54) is 11.3 Å². The van der Waals surface area contributed by atoms with E-state index in [2.05, 4.69) is 5.32 Å². The van der Waals surface area contributed by atoms with Crippen LogP contribution in [0.1, 0.15) is 20.1 Å². The number of ether oxygens (including phenoxy) is 1. The maximum absolute atomic E-state index is 12.0. The highest BCUT2D eigenvalue weighted by atomic mass is 32.1. The summed E-state index contributed by atoms with van der Waals surface area (Å²) in [6.07, 6.45) is 0. The highest BCUT2D eigenvalue weighted by molar-refractivity contribution is 7.14. The first-order chi connectivity index (χ1) is 8.49. The zero-order chi connectivity index (χ0) is 13.3. The van der Waals surface area contributed by atoms with Gasteiger partial charge in [-0.05, 0) is 25.5 Å². The molecule has 5 nitrogen and oxygen atoms in total. The van der Waals surface area contributed by atoms with Gasteiger partial charge in [-0.25, -0.2) is 0 Å². The minimum Gasteiger partial charge on any atom is -0.481 e. The fraction of sp³-hybridized carbons (Fsp3) is 0.500. The van der Waals surface area contributed by atoms with E-state index in [-0.39, 0.29) is 19.1 Å². The van der Waals surface area contributed by atoms with Crippen molar-refractivity contribution in [2.75, 3.05) is 13.2 Å². The highest BCUT2D eigenvalue weighted by Gasteiger charge is 2.35. The molecular formula is C12H15NO4S. The predicted molar refractivity (Wildman–Crippen MR) is 67.0 cm³/mol. The Morgan fingerprint density at radius 3 is 2.72 bits per heavy atom. The number of amides is 1. The zero-order valence-electron chi connectivity index (χ0n) is 10.2. The maximum Gasteiger partial charge on any atom is 0.311 e. The Labute approximate surface area is 109 Å². The molecule has 1 aromatic heterocycles. The van der Waals surface area contributed by atoms with Crippen molar-refractivity contribution in [3.8, 4) is 0 Å². The van der Waals surface area contributed by atoms with Gasteiger partial charge in [0.1, 0.15) is 5.92 Å². The molecule has 2 rings (SSSR count). The number of hydrogen-bond donors (Lipinski definition) is 2. The second kappa shape index (κ2) is 5.07. The van der Waals surface area contributed by atoms with Crippen LogP contribution >= 0.6 is 11.3 Å². The van der Waals surface area contributed by atoms with Gasteiger partial charge in [-0.2, -0.15) is 0 Å². The Kier molecular flexibility index (Phi) is 3.68. The molecule has 1 aliphatic rings. The normalized spacial score (nSPS) is 23.0. The number of carbonyl (C=O) groups is 2. The smallest absolute Gasteiger partial charge is 0.311 e. The van der Waals surface area contributed by atoms with Gasteiger partial charge in [0.25, 0.3) is 5.91 Å². The first-order valence-corrected chi connectivity index (χ1v) is 6.49. The second-order valence-electron chi connectivity index (χ2n) is 4.41. The minimum atomic E-state index is -0.934. The molecule has 0 radical (unpaired) electrons. The highest BCUT2D eigenvalue weighted by Crippen LogP contribution is 2.21. The van der Waals surface area contributed by atoms with Gasteiger partial charge in [0.15, 0.2) is 0 Å². The number of aryl methyl sites for hydroxylation is 2. The molecule has 0 spiro atoms. The third kappa shape index (κ3) is 2.54. The van der Waals surface area contributed by atoms with Gasteiger partial charge in [0.2, 0.25) is 0 Å². The van der Waals surface area contributed by atoms with Gasteiger partial charge in [-0.3, -0.25) is 9.59 Å². The first kappa shape index (κ1) is 13.0. The van der Waals surface area contributed by atoms with E-state index in [9.17, 15) is 9.59 Å². The molecule has 2 unspecified atom stereocenters. The molecule has 2 heterocycles. The summed E-state index contributed by atoms with van der Waals surface area (Å²) >= 11 is 1.42. The number of carboxylic acids is 1. The van der Waals surface area contributed by atoms with Crippen LogP contribution < -0.4 is 5.32 Å². The summed E-state index contributed by atoms with van der Waals surface area (Å²) in [5, 5.41) is 11.7. The van der Waals surface area contributed by atoms with Gasteiger partial charge in [0, 0.05) is 4.88 Å². The average molecular weight is 269 g/mol. The first-order valence-electron chi connectivity index (χ1n) is 5.67. The maximum atomic E-state index is 12.0. The lowest BCUT2D eigenvalue weighted by atomic mass is 10.0. The van der Waals surface area contributed by atoms with Gasteiger partial charge in [-0.15, -0.1) is 11.3 Å². The van der Waals surface area contributed by atoms with Crippen LogP contribution in [0.4, 0.5) is 0 Å². The molecule has 0 aliphatic carbocycles. The summed E-state index contributed by atoms with van der Waals surface area (Å²) in [5.41, 5.74) is 1.07. The zero-order valence-corrected chi connectivity index (χ0v) is 11.0. The van der Waals surface area contributed by atoms with Crippen LogP contribution in [0.15, 0.2) is 6.07 Å². The predicted octanol–water partition coefficient (Wildman–Crippen LogP) is 1.19. The topological polar surface area (TPSA) is 75.6 Å². The Morgan fingerprint density at radius 2 is 2.17 bits per heavy atom. The monoisotopic (exact) mass is 269 g/mol. The number of thiophene rings is 1. The third-order valence-corrected chi connectivity index (χ3v) is 4.26. The molecule has 6 heteroatoms. The van der Waals surface area contributed by atoms with Crippen molar-refractivity contribution in [3.05, 3.63) is 21.4 Å². The van der Waals surface area contributed by atoms with E-state index in [0.29, 0.717) is 4.88 Å². The van der Waals surface area contributed by atoms with Gasteiger partial charge in [-0.1, -0.05) is 0 Å². The lowest BCUT2D eigenvalue weighted by Crippen LogP contribution is -2.42. The Hall–Kier alpha value is -1.40. The van der Waals surface area contributed by atoms with Gasteiger partial charge in [0.05, 0.1) is 24.1 Å². The summed E-state index contributed by atoms with van der Waals surface area (Å²) in [6, 6.07) is 1.37. The fourth-order valence-electron chi connectivity index (χ4n) is 1.86. The van der Waals surface area contributed by atoms with Crippen LogP contribution in [0.25, 0.3) is 0 Å². The van der Waals surface area contributed by atoms with Crippen molar-refractivity contribution in [1.82, 2.24) is 5.32 Å². The van der Waals surface area contributed by atoms with E-state index >= 15 is 0 Å². The molecule has 1 saturated heterocycles. The summed E-state index contributed by atoms with van der Waals surface area (Å²) in [5.74, 6) is -1.81. The van der Waals surface area contributed by atoms with E-state index in [4.69, 9.17) is 9.84 Å². The molecule has 0 aromatic carbocycles. The number of hydrogen-bond acceptors (Lipinski definition) is 4. The Morgan fingerprint density at radius 1 is 1.44 bits per heavy atom. The van der Waals surface area contributed by atoms with E-state index in [1.807, 2.05) is 19.9 Å². The number of aliphatic carboxylic acids is 1. The molecule has 0 bridgehead atoms. The summed E-state index contributed by atoms with van der Waals surface area (Å²) in [6.45, 7) is 4.31. The number of rotatable bonds is 3. The summed E-state index contributed by atoms with van der Waals surface area (Å²) in [7, 11) is 0. The average Bonchev–Trinajstić information content (AvgIpc) is 2.87. The Balaban J connectivity index is 2.05. The van der Waals surface area contributed by atoms with Crippen molar-refractivity contribution in [2.24, 2.45) is 5.92 Å². The van der Waals surface area contributed by atoms with E-state index in [0.717, 1.165) is 10.4 Å². The Bertz CT molecular complexity index is 463. The van der Waals surface area contributed by atoms with Crippen LogP contribution in [-0.4, -0.2) is 36.2 Å². The standard InChI is InChI=1S/C12H15NO4S/c1-6-3-10(18-7(6)2)11(14)13-9-5-17-4-8(9)12(15)16/h3,8-9H,4-5H2,1-2H3,(H,13,14)(H,15,16). The molecule has 2 N–H and O–H groups in total. The summed E-state index contributed by atoms with van der Waals surface area (Å²) in [4.78, 5) is 24.7. The lowest BCUT2D eigenvalue weighted by molar-refractivity contribution is -0.142. The van der Waals surface area contributed by atoms with E-state index < -0.39 is 17.9 Å². The van der Waals surface area contributed by atoms with Crippen molar-refractivity contribution in [2.45, 2.75) is 19.9 Å². The molecule has 98 valence electrons. The van der Waals surface area contributed by atoms with Gasteiger partial charge >= 0.3 is 5.97 Å². The molecule has 1 amide bonds. The van der Waals surface area contributed by atoms with Crippen LogP contribution in [0.2, 0.25) is 0 Å². The fourth-order valence-corrected chi connectivity index (χ4v) is 2.80. The third-order valence-electron chi connectivity index (χ3n) is 3.10. The van der Waals surface area contributed by atoms with Crippen molar-refractivity contribution in [1.29, 1.82) is 0 Å². The molecule has 18 heavy (non-hydrogen) atoms. The van der Waals surface area contributed by atoms with Crippen molar-refractivity contribution in [3.63, 3.8) is 0 Å². The van der Waals surface area contributed by atoms with Crippen LogP contribution in [0, 0.1) is 19.8 Å². The van der Waals surface area contributed by atoms with Crippen LogP contribution in [0.5, 0.6) is 0 Å². The van der Waals surface area contributed by atoms with Gasteiger partial charge < -0.3 is 15.2 Å². The van der Waals surface area contributed by atoms with Crippen molar-refractivity contribution >= 4 is 23.2 Å². The largest absolute Gasteiger partial charge is 0.481 e. The molecular weight excluding hydrogens is 254 g/mol. The molecule has 1 fully saturated rings. The molecule has 1 aliphatic heterocycles. The number of carbonyl (C=O) groups excluding carboxylic acids is 1.